The number of unbranched alkanes of at least 4 members (excludes halogenated alkanes) is 1. The third kappa shape index (κ3) is 4.04. The number of hydrogen-bond donors (Lipinski definition) is 0. The molecule has 3 rings (SSSR count). The van der Waals surface area contributed by atoms with Crippen LogP contribution >= 0.6 is 0 Å². The molecular formula is C19H22N2O3. The summed E-state index contributed by atoms with van der Waals surface area (Å²) in [5.74, 6) is 1.43. The van der Waals surface area contributed by atoms with Crippen molar-refractivity contribution in [3.8, 4) is 11.6 Å². The number of nitrogens with zero attached hydrogens (tertiary/aromatic N) is 2. The molecule has 2 heterocycles. The summed E-state index contributed by atoms with van der Waals surface area (Å²) in [5.41, 5.74) is 0.675. The second-order valence-corrected chi connectivity index (χ2v) is 5.84. The van der Waals surface area contributed by atoms with Gasteiger partial charge in [-0.3, -0.25) is 4.79 Å². The fourth-order valence-electron chi connectivity index (χ4n) is 2.48. The van der Waals surface area contributed by atoms with Gasteiger partial charge in [-0.05, 0) is 36.8 Å². The minimum Gasteiger partial charge on any atom is -0.494 e. The third-order valence-electron chi connectivity index (χ3n) is 3.93. The van der Waals surface area contributed by atoms with Crippen LogP contribution in [-0.2, 0) is 0 Å². The zero-order valence-electron chi connectivity index (χ0n) is 13.9. The molecule has 0 saturated carbocycles. The van der Waals surface area contributed by atoms with Crippen molar-refractivity contribution in [2.45, 2.75) is 25.9 Å². The Balaban J connectivity index is 1.47. The van der Waals surface area contributed by atoms with E-state index in [-0.39, 0.29) is 12.0 Å². The van der Waals surface area contributed by atoms with E-state index < -0.39 is 0 Å². The summed E-state index contributed by atoms with van der Waals surface area (Å²) in [6.45, 7) is 4.01. The highest BCUT2D eigenvalue weighted by Crippen LogP contribution is 2.20. The van der Waals surface area contributed by atoms with E-state index in [9.17, 15) is 4.79 Å². The average Bonchev–Trinajstić information content (AvgIpc) is 2.59. The standard InChI is InChI=1S/C19H22N2O3/c1-2-3-12-23-16-9-7-15(8-10-16)19(22)21-13-17(14-21)24-18-6-4-5-11-20-18/h4-11,17H,2-3,12-14H2,1H3. The lowest BCUT2D eigenvalue weighted by molar-refractivity contribution is 0.0160. The van der Waals surface area contributed by atoms with Gasteiger partial charge in [-0.1, -0.05) is 19.4 Å². The summed E-state index contributed by atoms with van der Waals surface area (Å²) in [6.07, 6.45) is 3.85. The average molecular weight is 326 g/mol. The molecule has 1 aliphatic heterocycles. The Hall–Kier alpha value is -2.56. The second-order valence-electron chi connectivity index (χ2n) is 5.84. The number of carbonyl (C=O) groups excluding carboxylic acids is 1. The summed E-state index contributed by atoms with van der Waals surface area (Å²) in [5, 5.41) is 0. The minimum atomic E-state index is 0.0144. The molecule has 0 atom stereocenters. The van der Waals surface area contributed by atoms with E-state index >= 15 is 0 Å². The van der Waals surface area contributed by atoms with Crippen LogP contribution in [0.2, 0.25) is 0 Å². The van der Waals surface area contributed by atoms with Gasteiger partial charge in [-0.25, -0.2) is 4.98 Å². The molecule has 5 nitrogen and oxygen atoms in total. The van der Waals surface area contributed by atoms with Crippen molar-refractivity contribution >= 4 is 5.91 Å². The molecular weight excluding hydrogens is 304 g/mol. The SMILES string of the molecule is CCCCOc1ccc(C(=O)N2CC(Oc3ccccn3)C2)cc1. The van der Waals surface area contributed by atoms with Gasteiger partial charge in [0, 0.05) is 17.8 Å². The van der Waals surface area contributed by atoms with E-state index in [1.165, 1.54) is 0 Å². The first kappa shape index (κ1) is 16.3. The number of pyridine rings is 1. The molecule has 2 aromatic rings. The topological polar surface area (TPSA) is 51.7 Å². The fraction of sp³-hybridized carbons (Fsp3) is 0.368. The third-order valence-corrected chi connectivity index (χ3v) is 3.93. The van der Waals surface area contributed by atoms with Gasteiger partial charge in [0.05, 0.1) is 19.7 Å². The molecule has 0 aliphatic carbocycles. The first-order valence-electron chi connectivity index (χ1n) is 8.36. The molecule has 1 saturated heterocycles. The fourth-order valence-corrected chi connectivity index (χ4v) is 2.48. The highest BCUT2D eigenvalue weighted by molar-refractivity contribution is 5.94. The lowest BCUT2D eigenvalue weighted by Gasteiger charge is -2.38. The van der Waals surface area contributed by atoms with Crippen molar-refractivity contribution < 1.29 is 14.3 Å². The molecule has 0 unspecified atom stereocenters. The Morgan fingerprint density at radius 3 is 2.67 bits per heavy atom. The summed E-state index contributed by atoms with van der Waals surface area (Å²) < 4.78 is 11.3. The maximum atomic E-state index is 12.4. The van der Waals surface area contributed by atoms with Crippen LogP contribution in [0.3, 0.4) is 0 Å². The molecule has 1 aromatic heterocycles. The zero-order valence-corrected chi connectivity index (χ0v) is 13.9. The summed E-state index contributed by atoms with van der Waals surface area (Å²) >= 11 is 0. The van der Waals surface area contributed by atoms with Gasteiger partial charge in [0.2, 0.25) is 5.88 Å². The lowest BCUT2D eigenvalue weighted by Crippen LogP contribution is -2.56. The van der Waals surface area contributed by atoms with Crippen LogP contribution < -0.4 is 9.47 Å². The van der Waals surface area contributed by atoms with Crippen LogP contribution in [0, 0.1) is 0 Å². The molecule has 1 aliphatic rings. The first-order chi connectivity index (χ1) is 11.8. The number of likely N-dealkylation sites (tertiary alicyclic amines) is 1. The van der Waals surface area contributed by atoms with Gasteiger partial charge in [-0.15, -0.1) is 0 Å². The van der Waals surface area contributed by atoms with E-state index in [1.807, 2.05) is 42.5 Å². The van der Waals surface area contributed by atoms with Crippen molar-refractivity contribution in [1.82, 2.24) is 9.88 Å². The van der Waals surface area contributed by atoms with Crippen LogP contribution in [0.1, 0.15) is 30.1 Å². The molecule has 0 spiro atoms. The molecule has 1 fully saturated rings. The number of aromatic nitrogens is 1. The highest BCUT2D eigenvalue weighted by Gasteiger charge is 2.33. The second kappa shape index (κ2) is 7.81. The molecule has 24 heavy (non-hydrogen) atoms. The van der Waals surface area contributed by atoms with E-state index in [2.05, 4.69) is 11.9 Å². The Morgan fingerprint density at radius 2 is 2.00 bits per heavy atom. The Morgan fingerprint density at radius 1 is 1.21 bits per heavy atom. The van der Waals surface area contributed by atoms with E-state index in [4.69, 9.17) is 9.47 Å². The van der Waals surface area contributed by atoms with Gasteiger partial charge < -0.3 is 14.4 Å². The van der Waals surface area contributed by atoms with Gasteiger partial charge in [-0.2, -0.15) is 0 Å². The van der Waals surface area contributed by atoms with E-state index in [0.29, 0.717) is 31.1 Å². The summed E-state index contributed by atoms with van der Waals surface area (Å²) in [4.78, 5) is 18.3. The zero-order chi connectivity index (χ0) is 16.8. The van der Waals surface area contributed by atoms with Gasteiger partial charge >= 0.3 is 0 Å². The maximum absolute atomic E-state index is 12.4. The monoisotopic (exact) mass is 326 g/mol. The van der Waals surface area contributed by atoms with Gasteiger partial charge in [0.25, 0.3) is 5.91 Å². The molecule has 126 valence electrons. The minimum absolute atomic E-state index is 0.0144. The summed E-state index contributed by atoms with van der Waals surface area (Å²) in [6, 6.07) is 12.9. The van der Waals surface area contributed by atoms with Crippen molar-refractivity contribution in [2.75, 3.05) is 19.7 Å². The normalized spacial score (nSPS) is 14.1. The van der Waals surface area contributed by atoms with Crippen molar-refractivity contribution in [3.63, 3.8) is 0 Å². The van der Waals surface area contributed by atoms with E-state index in [1.54, 1.807) is 11.1 Å². The molecule has 0 N–H and O–H groups in total. The number of carbonyl (C=O) groups is 1. The predicted molar refractivity (Wildman–Crippen MR) is 91.4 cm³/mol. The molecule has 0 radical (unpaired) electrons. The van der Waals surface area contributed by atoms with Gasteiger partial charge in [0.1, 0.15) is 11.9 Å². The Bertz CT molecular complexity index is 652. The van der Waals surface area contributed by atoms with Crippen LogP contribution in [0.25, 0.3) is 0 Å². The first-order valence-corrected chi connectivity index (χ1v) is 8.36. The van der Waals surface area contributed by atoms with Crippen molar-refractivity contribution in [3.05, 3.63) is 54.2 Å². The number of benzene rings is 1. The number of amides is 1. The Kier molecular flexibility index (Phi) is 5.31. The largest absolute Gasteiger partial charge is 0.494 e. The van der Waals surface area contributed by atoms with Crippen molar-refractivity contribution in [1.29, 1.82) is 0 Å². The van der Waals surface area contributed by atoms with Crippen molar-refractivity contribution in [2.24, 2.45) is 0 Å². The van der Waals surface area contributed by atoms with Gasteiger partial charge in [0.15, 0.2) is 0 Å². The van der Waals surface area contributed by atoms with Crippen LogP contribution in [0.15, 0.2) is 48.7 Å². The Labute approximate surface area is 142 Å². The maximum Gasteiger partial charge on any atom is 0.254 e. The van der Waals surface area contributed by atoms with Crippen LogP contribution in [-0.4, -0.2) is 41.6 Å². The molecule has 1 amide bonds. The predicted octanol–water partition coefficient (Wildman–Crippen LogP) is 3.16. The summed E-state index contributed by atoms with van der Waals surface area (Å²) in [7, 11) is 0. The van der Waals surface area contributed by atoms with Crippen LogP contribution in [0.5, 0.6) is 11.6 Å². The number of hydrogen-bond acceptors (Lipinski definition) is 4. The smallest absolute Gasteiger partial charge is 0.254 e. The van der Waals surface area contributed by atoms with E-state index in [0.717, 1.165) is 18.6 Å². The van der Waals surface area contributed by atoms with Crippen LogP contribution in [0.4, 0.5) is 0 Å². The molecule has 0 bridgehead atoms. The molecule has 1 aromatic carbocycles. The number of ether oxygens (including phenoxy) is 2. The lowest BCUT2D eigenvalue weighted by atomic mass is 10.1. The number of rotatable bonds is 7. The highest BCUT2D eigenvalue weighted by atomic mass is 16.5. The molecule has 5 heteroatoms. The quantitative estimate of drug-likeness (QED) is 0.733.